The summed E-state index contributed by atoms with van der Waals surface area (Å²) in [4.78, 5) is 39.3. The van der Waals surface area contributed by atoms with E-state index < -0.39 is 28.8 Å². The summed E-state index contributed by atoms with van der Waals surface area (Å²) < 4.78 is 45.4. The Hall–Kier alpha value is -3.89. The lowest BCUT2D eigenvalue weighted by molar-refractivity contribution is -0.137. The van der Waals surface area contributed by atoms with Gasteiger partial charge < -0.3 is 14.6 Å². The van der Waals surface area contributed by atoms with Gasteiger partial charge in [0.1, 0.15) is 6.26 Å². The Morgan fingerprint density at radius 3 is 2.53 bits per heavy atom. The molecule has 1 aromatic carbocycles. The van der Waals surface area contributed by atoms with Gasteiger partial charge in [0.25, 0.3) is 11.8 Å². The molecule has 3 aromatic rings. The second kappa shape index (κ2) is 9.16. The van der Waals surface area contributed by atoms with Crippen molar-refractivity contribution in [3.05, 3.63) is 81.7 Å². The van der Waals surface area contributed by atoms with Crippen LogP contribution in [0.15, 0.2) is 58.1 Å². The summed E-state index contributed by atoms with van der Waals surface area (Å²) in [7, 11) is 0. The highest BCUT2D eigenvalue weighted by Gasteiger charge is 2.31. The van der Waals surface area contributed by atoms with E-state index in [9.17, 15) is 27.6 Å². The van der Waals surface area contributed by atoms with Crippen LogP contribution in [0.4, 0.5) is 13.2 Å². The van der Waals surface area contributed by atoms with Crippen molar-refractivity contribution in [2.45, 2.75) is 32.0 Å². The van der Waals surface area contributed by atoms with Crippen LogP contribution < -0.4 is 10.7 Å². The third kappa shape index (κ3) is 4.87. The molecule has 2 aromatic heterocycles. The second-order valence-corrected chi connectivity index (χ2v) is 8.01. The van der Waals surface area contributed by atoms with E-state index in [1.54, 1.807) is 11.0 Å². The molecule has 0 saturated carbocycles. The number of carbonyl (C=O) groups is 2. The van der Waals surface area contributed by atoms with E-state index in [0.717, 1.165) is 22.9 Å². The highest BCUT2D eigenvalue weighted by Crippen LogP contribution is 2.30. The smallest absolute Gasteiger partial charge is 0.416 e. The van der Waals surface area contributed by atoms with Crippen molar-refractivity contribution in [3.8, 4) is 5.69 Å². The highest BCUT2D eigenvalue weighted by atomic mass is 19.4. The molecule has 1 saturated heterocycles. The Kier molecular flexibility index (Phi) is 6.27. The van der Waals surface area contributed by atoms with Crippen molar-refractivity contribution >= 4 is 11.8 Å². The molecule has 1 aliphatic rings. The van der Waals surface area contributed by atoms with Gasteiger partial charge in [0.15, 0.2) is 5.69 Å². The zero-order valence-electron chi connectivity index (χ0n) is 18.1. The van der Waals surface area contributed by atoms with Gasteiger partial charge >= 0.3 is 6.18 Å². The number of furan rings is 1. The number of halogens is 3. The second-order valence-electron chi connectivity index (χ2n) is 8.01. The normalized spacial score (nSPS) is 14.8. The van der Waals surface area contributed by atoms with Crippen LogP contribution in [0.5, 0.6) is 0 Å². The van der Waals surface area contributed by atoms with Crippen LogP contribution in [0.3, 0.4) is 0 Å². The van der Waals surface area contributed by atoms with Crippen molar-refractivity contribution in [2.24, 2.45) is 0 Å². The number of carbonyl (C=O) groups excluding carboxylic acids is 2. The Morgan fingerprint density at radius 2 is 1.88 bits per heavy atom. The fourth-order valence-electron chi connectivity index (χ4n) is 3.83. The number of hydrogen-bond donors (Lipinski definition) is 1. The lowest BCUT2D eigenvalue weighted by atomic mass is 10.0. The van der Waals surface area contributed by atoms with Crippen molar-refractivity contribution in [2.75, 3.05) is 13.1 Å². The number of aryl methyl sites for hydroxylation is 1. The van der Waals surface area contributed by atoms with E-state index in [4.69, 9.17) is 4.42 Å². The molecule has 34 heavy (non-hydrogen) atoms. The zero-order chi connectivity index (χ0) is 24.5. The molecule has 2 amide bonds. The molecular weight excluding hydrogens is 453 g/mol. The quantitative estimate of drug-likeness (QED) is 0.627. The van der Waals surface area contributed by atoms with Crippen LogP contribution in [0.1, 0.15) is 44.9 Å². The molecule has 3 heterocycles. The summed E-state index contributed by atoms with van der Waals surface area (Å²) in [5, 5.41) is 6.81. The summed E-state index contributed by atoms with van der Waals surface area (Å²) in [5.74, 6) is -0.881. The predicted octanol–water partition coefficient (Wildman–Crippen LogP) is 3.19. The minimum Gasteiger partial charge on any atom is -0.472 e. The summed E-state index contributed by atoms with van der Waals surface area (Å²) in [5.41, 5.74) is -1.11. The molecule has 4 rings (SSSR count). The fraction of sp³-hybridized carbons (Fsp3) is 0.304. The number of aromatic nitrogens is 2. The molecule has 0 aliphatic carbocycles. The number of benzene rings is 1. The lowest BCUT2D eigenvalue weighted by Gasteiger charge is -2.32. The van der Waals surface area contributed by atoms with E-state index in [1.165, 1.54) is 31.6 Å². The fourth-order valence-corrected chi connectivity index (χ4v) is 3.83. The van der Waals surface area contributed by atoms with E-state index in [0.29, 0.717) is 31.5 Å². The van der Waals surface area contributed by atoms with E-state index in [1.807, 2.05) is 0 Å². The molecule has 0 bridgehead atoms. The van der Waals surface area contributed by atoms with Gasteiger partial charge in [0, 0.05) is 30.9 Å². The number of nitrogens with zero attached hydrogens (tertiary/aromatic N) is 3. The zero-order valence-corrected chi connectivity index (χ0v) is 18.1. The van der Waals surface area contributed by atoms with Gasteiger partial charge in [-0.05, 0) is 44.0 Å². The number of nitrogens with one attached hydrogen (secondary N) is 1. The molecule has 0 atom stereocenters. The van der Waals surface area contributed by atoms with Crippen molar-refractivity contribution in [1.82, 2.24) is 20.0 Å². The third-order valence-corrected chi connectivity index (χ3v) is 5.63. The Morgan fingerprint density at radius 1 is 1.15 bits per heavy atom. The van der Waals surface area contributed by atoms with Gasteiger partial charge in [-0.2, -0.15) is 18.3 Å². The van der Waals surface area contributed by atoms with Crippen molar-refractivity contribution in [1.29, 1.82) is 0 Å². The Labute approximate surface area is 192 Å². The summed E-state index contributed by atoms with van der Waals surface area (Å²) in [6.45, 7) is 2.33. The Balaban J connectivity index is 1.48. The molecule has 0 radical (unpaired) electrons. The lowest BCUT2D eigenvalue weighted by Crippen LogP contribution is -2.47. The third-order valence-electron chi connectivity index (χ3n) is 5.63. The number of hydrogen-bond acceptors (Lipinski definition) is 5. The number of amides is 2. The van der Waals surface area contributed by atoms with Gasteiger partial charge in [0.2, 0.25) is 5.43 Å². The molecule has 11 heteroatoms. The van der Waals surface area contributed by atoms with Gasteiger partial charge in [-0.25, -0.2) is 4.68 Å². The van der Waals surface area contributed by atoms with E-state index in [-0.39, 0.29) is 23.3 Å². The predicted molar refractivity (Wildman–Crippen MR) is 115 cm³/mol. The van der Waals surface area contributed by atoms with E-state index in [2.05, 4.69) is 10.4 Å². The molecule has 0 spiro atoms. The highest BCUT2D eigenvalue weighted by molar-refractivity contribution is 5.94. The minimum absolute atomic E-state index is 0.0763. The number of rotatable bonds is 4. The molecule has 0 unspecified atom stereocenters. The van der Waals surface area contributed by atoms with Gasteiger partial charge in [0.05, 0.1) is 23.1 Å². The average Bonchev–Trinajstić information content (AvgIpc) is 3.34. The minimum atomic E-state index is -4.54. The summed E-state index contributed by atoms with van der Waals surface area (Å²) in [6.07, 6.45) is -0.807. The van der Waals surface area contributed by atoms with E-state index >= 15 is 0 Å². The molecule has 1 aliphatic heterocycles. The summed E-state index contributed by atoms with van der Waals surface area (Å²) in [6, 6.07) is 6.93. The first-order valence-electron chi connectivity index (χ1n) is 10.5. The van der Waals surface area contributed by atoms with Crippen LogP contribution in [-0.2, 0) is 6.18 Å². The van der Waals surface area contributed by atoms with Crippen LogP contribution >= 0.6 is 0 Å². The standard InChI is InChI=1S/C23H21F3N4O4/c1-14-11-19(31)20(28-30(14)18-4-2-3-16(12-18)23(24,25)26)21(32)27-17-5-8-29(9-6-17)22(33)15-7-10-34-13-15/h2-4,7,10-13,17H,5-6,8-9H2,1H3,(H,27,32). The molecular formula is C23H21F3N4O4. The topological polar surface area (TPSA) is 97.4 Å². The first-order valence-corrected chi connectivity index (χ1v) is 10.5. The molecule has 1 fully saturated rings. The monoisotopic (exact) mass is 474 g/mol. The maximum absolute atomic E-state index is 13.1. The molecule has 178 valence electrons. The Bertz CT molecular complexity index is 1260. The van der Waals surface area contributed by atoms with Gasteiger partial charge in [-0.15, -0.1) is 0 Å². The number of piperidine rings is 1. The number of alkyl halides is 3. The van der Waals surface area contributed by atoms with Crippen LogP contribution in [0, 0.1) is 6.92 Å². The van der Waals surface area contributed by atoms with Crippen molar-refractivity contribution < 1.29 is 27.2 Å². The van der Waals surface area contributed by atoms with Crippen molar-refractivity contribution in [3.63, 3.8) is 0 Å². The maximum atomic E-state index is 13.1. The SMILES string of the molecule is Cc1cc(=O)c(C(=O)NC2CCN(C(=O)c3ccoc3)CC2)nn1-c1cccc(C(F)(F)F)c1. The number of likely N-dealkylation sites (tertiary alicyclic amines) is 1. The van der Waals surface area contributed by atoms with Crippen LogP contribution in [-0.4, -0.2) is 45.6 Å². The first kappa shape index (κ1) is 23.3. The molecule has 1 N–H and O–H groups in total. The maximum Gasteiger partial charge on any atom is 0.416 e. The largest absolute Gasteiger partial charge is 0.472 e. The van der Waals surface area contributed by atoms with Crippen LogP contribution in [0.25, 0.3) is 5.69 Å². The van der Waals surface area contributed by atoms with Crippen LogP contribution in [0.2, 0.25) is 0 Å². The molecule has 8 nitrogen and oxygen atoms in total. The first-order chi connectivity index (χ1) is 16.1. The summed E-state index contributed by atoms with van der Waals surface area (Å²) >= 11 is 0. The average molecular weight is 474 g/mol. The van der Waals surface area contributed by atoms with Gasteiger partial charge in [-0.1, -0.05) is 6.07 Å². The van der Waals surface area contributed by atoms with Gasteiger partial charge in [-0.3, -0.25) is 14.4 Å².